The number of nitrogens with one attached hydrogen (secondary N) is 1. The summed E-state index contributed by atoms with van der Waals surface area (Å²) in [7, 11) is -3.58. The standard InChI is InChI=1S/C12H12F3NO4S/c13-12(14,15)8-3-1-7(2-4-8)9-5-21(19,20)6-10(16-9)11(17)18/h1-4,9-10,16H,5-6H2,(H,17,18). The van der Waals surface area contributed by atoms with Gasteiger partial charge in [-0.25, -0.2) is 8.42 Å². The van der Waals surface area contributed by atoms with Crippen LogP contribution in [0.3, 0.4) is 0 Å². The van der Waals surface area contributed by atoms with Crippen molar-refractivity contribution in [3.05, 3.63) is 35.4 Å². The summed E-state index contributed by atoms with van der Waals surface area (Å²) >= 11 is 0. The van der Waals surface area contributed by atoms with Gasteiger partial charge in [0.15, 0.2) is 9.84 Å². The molecule has 2 atom stereocenters. The first-order chi connectivity index (χ1) is 9.58. The first-order valence-corrected chi connectivity index (χ1v) is 7.77. The summed E-state index contributed by atoms with van der Waals surface area (Å²) in [5.41, 5.74) is -0.544. The molecule has 2 N–H and O–H groups in total. The zero-order valence-corrected chi connectivity index (χ0v) is 11.4. The lowest BCUT2D eigenvalue weighted by Crippen LogP contribution is -2.51. The van der Waals surface area contributed by atoms with E-state index in [2.05, 4.69) is 5.32 Å². The van der Waals surface area contributed by atoms with Crippen LogP contribution in [0.1, 0.15) is 17.2 Å². The lowest BCUT2D eigenvalue weighted by molar-refractivity contribution is -0.139. The molecule has 1 aliphatic heterocycles. The average molecular weight is 323 g/mol. The number of sulfone groups is 1. The van der Waals surface area contributed by atoms with Crippen molar-refractivity contribution in [2.45, 2.75) is 18.3 Å². The van der Waals surface area contributed by atoms with Crippen molar-refractivity contribution in [2.75, 3.05) is 11.5 Å². The minimum atomic E-state index is -4.48. The van der Waals surface area contributed by atoms with Crippen LogP contribution in [0.15, 0.2) is 24.3 Å². The number of halogens is 3. The summed E-state index contributed by atoms with van der Waals surface area (Å²) in [4.78, 5) is 10.9. The Kier molecular flexibility index (Phi) is 3.98. The van der Waals surface area contributed by atoms with Gasteiger partial charge in [-0.1, -0.05) is 12.1 Å². The van der Waals surface area contributed by atoms with E-state index in [0.717, 1.165) is 24.3 Å². The van der Waals surface area contributed by atoms with Gasteiger partial charge in [-0.3, -0.25) is 10.1 Å². The number of aliphatic carboxylic acids is 1. The quantitative estimate of drug-likeness (QED) is 0.855. The van der Waals surface area contributed by atoms with Crippen LogP contribution in [-0.4, -0.2) is 37.0 Å². The lowest BCUT2D eigenvalue weighted by atomic mass is 10.0. The zero-order chi connectivity index (χ0) is 15.8. The minimum Gasteiger partial charge on any atom is -0.480 e. The summed E-state index contributed by atoms with van der Waals surface area (Å²) in [6.45, 7) is 0. The van der Waals surface area contributed by atoms with Crippen molar-refractivity contribution in [1.29, 1.82) is 0 Å². The molecule has 1 fully saturated rings. The summed E-state index contributed by atoms with van der Waals surface area (Å²) < 4.78 is 60.8. The number of hydrogen-bond donors (Lipinski definition) is 2. The predicted molar refractivity (Wildman–Crippen MR) is 67.4 cm³/mol. The number of hydrogen-bond acceptors (Lipinski definition) is 4. The molecule has 9 heteroatoms. The molecule has 0 aromatic heterocycles. The van der Waals surface area contributed by atoms with Crippen LogP contribution in [0.4, 0.5) is 13.2 Å². The smallest absolute Gasteiger partial charge is 0.416 e. The normalized spacial score (nSPS) is 25.5. The van der Waals surface area contributed by atoms with Crippen molar-refractivity contribution in [1.82, 2.24) is 5.32 Å². The number of benzene rings is 1. The topological polar surface area (TPSA) is 83.5 Å². The molecule has 2 unspecified atom stereocenters. The van der Waals surface area contributed by atoms with Crippen LogP contribution < -0.4 is 5.32 Å². The van der Waals surface area contributed by atoms with Gasteiger partial charge in [-0.2, -0.15) is 13.2 Å². The molecular weight excluding hydrogens is 311 g/mol. The van der Waals surface area contributed by atoms with Crippen LogP contribution in [-0.2, 0) is 20.8 Å². The molecule has 0 saturated carbocycles. The number of rotatable bonds is 2. The Morgan fingerprint density at radius 3 is 2.24 bits per heavy atom. The Hall–Kier alpha value is -1.61. The molecule has 0 spiro atoms. The third-order valence-corrected chi connectivity index (χ3v) is 4.86. The van der Waals surface area contributed by atoms with Crippen molar-refractivity contribution < 1.29 is 31.5 Å². The van der Waals surface area contributed by atoms with E-state index in [-0.39, 0.29) is 5.75 Å². The molecular formula is C12H12F3NO4S. The van der Waals surface area contributed by atoms with E-state index >= 15 is 0 Å². The lowest BCUT2D eigenvalue weighted by Gasteiger charge is -2.29. The van der Waals surface area contributed by atoms with E-state index in [1.54, 1.807) is 0 Å². The monoisotopic (exact) mass is 323 g/mol. The zero-order valence-electron chi connectivity index (χ0n) is 10.6. The van der Waals surface area contributed by atoms with Gasteiger partial charge in [0.05, 0.1) is 17.1 Å². The van der Waals surface area contributed by atoms with E-state index in [9.17, 15) is 26.4 Å². The van der Waals surface area contributed by atoms with E-state index in [4.69, 9.17) is 5.11 Å². The van der Waals surface area contributed by atoms with Crippen molar-refractivity contribution in [3.63, 3.8) is 0 Å². The summed E-state index contributed by atoms with van der Waals surface area (Å²) in [5, 5.41) is 11.5. The second-order valence-electron chi connectivity index (χ2n) is 4.81. The van der Waals surface area contributed by atoms with Crippen molar-refractivity contribution >= 4 is 15.8 Å². The van der Waals surface area contributed by atoms with Gasteiger partial charge in [-0.05, 0) is 17.7 Å². The van der Waals surface area contributed by atoms with Crippen molar-refractivity contribution in [2.24, 2.45) is 0 Å². The number of carboxylic acid groups (broad SMARTS) is 1. The number of carbonyl (C=O) groups is 1. The molecule has 1 aromatic rings. The Balaban J connectivity index is 2.26. The van der Waals surface area contributed by atoms with Crippen LogP contribution in [0.25, 0.3) is 0 Å². The van der Waals surface area contributed by atoms with E-state index in [1.165, 1.54) is 0 Å². The van der Waals surface area contributed by atoms with Gasteiger partial charge >= 0.3 is 12.1 Å². The van der Waals surface area contributed by atoms with Gasteiger partial charge < -0.3 is 5.11 Å². The largest absolute Gasteiger partial charge is 0.480 e. The van der Waals surface area contributed by atoms with Crippen molar-refractivity contribution in [3.8, 4) is 0 Å². The fourth-order valence-corrected chi connectivity index (χ4v) is 3.83. The average Bonchev–Trinajstić information content (AvgIpc) is 2.36. The highest BCUT2D eigenvalue weighted by molar-refractivity contribution is 7.91. The molecule has 0 bridgehead atoms. The van der Waals surface area contributed by atoms with Crippen LogP contribution >= 0.6 is 0 Å². The first-order valence-electron chi connectivity index (χ1n) is 5.95. The molecule has 0 aliphatic carbocycles. The second-order valence-corrected chi connectivity index (χ2v) is 6.96. The molecule has 1 aliphatic rings. The van der Waals surface area contributed by atoms with Gasteiger partial charge in [0.2, 0.25) is 0 Å². The maximum Gasteiger partial charge on any atom is 0.416 e. The fourth-order valence-electron chi connectivity index (χ4n) is 2.15. The van der Waals surface area contributed by atoms with Gasteiger partial charge in [0, 0.05) is 6.04 Å². The molecule has 1 heterocycles. The highest BCUT2D eigenvalue weighted by Gasteiger charge is 2.36. The van der Waals surface area contributed by atoms with E-state index < -0.39 is 45.4 Å². The van der Waals surface area contributed by atoms with Gasteiger partial charge in [0.1, 0.15) is 6.04 Å². The fraction of sp³-hybridized carbons (Fsp3) is 0.417. The highest BCUT2D eigenvalue weighted by atomic mass is 32.2. The Morgan fingerprint density at radius 2 is 1.76 bits per heavy atom. The van der Waals surface area contributed by atoms with Crippen LogP contribution in [0.5, 0.6) is 0 Å². The third kappa shape index (κ3) is 3.73. The number of alkyl halides is 3. The van der Waals surface area contributed by atoms with Crippen LogP contribution in [0, 0.1) is 0 Å². The molecule has 0 radical (unpaired) electrons. The summed E-state index contributed by atoms with van der Waals surface area (Å²) in [6.07, 6.45) is -4.48. The van der Waals surface area contributed by atoms with E-state index in [1.807, 2.05) is 0 Å². The maximum atomic E-state index is 12.5. The highest BCUT2D eigenvalue weighted by Crippen LogP contribution is 2.30. The molecule has 116 valence electrons. The maximum absolute atomic E-state index is 12.5. The Labute approximate surface area is 118 Å². The van der Waals surface area contributed by atoms with Gasteiger partial charge in [-0.15, -0.1) is 0 Å². The first kappa shape index (κ1) is 15.8. The molecule has 1 aromatic carbocycles. The Morgan fingerprint density at radius 1 is 1.19 bits per heavy atom. The minimum absolute atomic E-state index is 0.303. The SMILES string of the molecule is O=C(O)C1CS(=O)(=O)CC(c2ccc(C(F)(F)F)cc2)N1. The van der Waals surface area contributed by atoms with Crippen LogP contribution in [0.2, 0.25) is 0 Å². The predicted octanol–water partition coefficient (Wildman–Crippen LogP) is 1.22. The molecule has 0 amide bonds. The van der Waals surface area contributed by atoms with Gasteiger partial charge in [0.25, 0.3) is 0 Å². The second kappa shape index (κ2) is 5.30. The molecule has 21 heavy (non-hydrogen) atoms. The van der Waals surface area contributed by atoms with E-state index in [0.29, 0.717) is 5.56 Å². The Bertz CT molecular complexity index is 639. The molecule has 2 rings (SSSR count). The summed E-state index contributed by atoms with van der Waals surface area (Å²) in [6, 6.07) is 1.88. The molecule has 5 nitrogen and oxygen atoms in total. The molecule has 1 saturated heterocycles. The summed E-state index contributed by atoms with van der Waals surface area (Å²) in [5.74, 6) is -2.18. The number of carboxylic acids is 1. The third-order valence-electron chi connectivity index (χ3n) is 3.18.